The van der Waals surface area contributed by atoms with Crippen LogP contribution in [0.1, 0.15) is 18.7 Å². The third-order valence-electron chi connectivity index (χ3n) is 2.64. The molecule has 0 saturated heterocycles. The fraction of sp³-hybridized carbons (Fsp3) is 0.600. The van der Waals surface area contributed by atoms with Crippen molar-refractivity contribution in [3.63, 3.8) is 0 Å². The Hall–Kier alpha value is -1.36. The highest BCUT2D eigenvalue weighted by Gasteiger charge is 2.28. The Bertz CT molecular complexity index is 396. The highest BCUT2D eigenvalue weighted by Crippen LogP contribution is 2.25. The molecule has 5 nitrogen and oxygen atoms in total. The topological polar surface area (TPSA) is 67.0 Å². The Labute approximate surface area is 87.9 Å². The summed E-state index contributed by atoms with van der Waals surface area (Å²) in [5, 5.41) is 3.21. The maximum absolute atomic E-state index is 11.2. The van der Waals surface area contributed by atoms with Gasteiger partial charge in [0.25, 0.3) is 5.56 Å². The molecule has 0 radical (unpaired) electrons. The smallest absolute Gasteiger partial charge is 0.252 e. The second kappa shape index (κ2) is 4.02. The molecule has 1 fully saturated rings. The van der Waals surface area contributed by atoms with Crippen LogP contribution in [0.25, 0.3) is 0 Å². The van der Waals surface area contributed by atoms with E-state index < -0.39 is 0 Å². The first-order valence-corrected chi connectivity index (χ1v) is 5.04. The monoisotopic (exact) mass is 209 g/mol. The van der Waals surface area contributed by atoms with Crippen LogP contribution in [0.15, 0.2) is 10.9 Å². The summed E-state index contributed by atoms with van der Waals surface area (Å²) in [6, 6.07) is 1.86. The van der Waals surface area contributed by atoms with Crippen LogP contribution in [0.2, 0.25) is 0 Å². The summed E-state index contributed by atoms with van der Waals surface area (Å²) < 4.78 is 5.17. The van der Waals surface area contributed by atoms with Gasteiger partial charge in [0, 0.05) is 19.2 Å². The first-order valence-electron chi connectivity index (χ1n) is 5.04. The Balaban J connectivity index is 1.97. The number of rotatable bonds is 3. The highest BCUT2D eigenvalue weighted by atomic mass is 16.5. The van der Waals surface area contributed by atoms with Gasteiger partial charge in [0.1, 0.15) is 11.6 Å². The molecule has 82 valence electrons. The average Bonchev–Trinajstić information content (AvgIpc) is 2.08. The summed E-state index contributed by atoms with van der Waals surface area (Å²) >= 11 is 0. The van der Waals surface area contributed by atoms with Crippen LogP contribution in [-0.2, 0) is 4.74 Å². The summed E-state index contributed by atoms with van der Waals surface area (Å²) in [5.74, 6) is 1.28. The van der Waals surface area contributed by atoms with Crippen LogP contribution < -0.4 is 10.9 Å². The van der Waals surface area contributed by atoms with Crippen LogP contribution in [0.4, 0.5) is 5.82 Å². The number of H-pyrrole nitrogens is 1. The molecule has 0 aliphatic heterocycles. The predicted molar refractivity (Wildman–Crippen MR) is 57.0 cm³/mol. The van der Waals surface area contributed by atoms with E-state index in [1.54, 1.807) is 14.0 Å². The lowest BCUT2D eigenvalue weighted by Gasteiger charge is -2.34. The summed E-state index contributed by atoms with van der Waals surface area (Å²) in [6.07, 6.45) is 2.30. The molecule has 0 spiro atoms. The van der Waals surface area contributed by atoms with Gasteiger partial charge in [-0.15, -0.1) is 0 Å². The minimum Gasteiger partial charge on any atom is -0.381 e. The minimum atomic E-state index is -0.118. The summed E-state index contributed by atoms with van der Waals surface area (Å²) in [4.78, 5) is 18.0. The van der Waals surface area contributed by atoms with Crippen LogP contribution in [0.3, 0.4) is 0 Å². The predicted octanol–water partition coefficient (Wildman–Crippen LogP) is 0.668. The van der Waals surface area contributed by atoms with Crippen molar-refractivity contribution in [1.82, 2.24) is 9.97 Å². The second-order valence-corrected chi connectivity index (χ2v) is 3.89. The van der Waals surface area contributed by atoms with E-state index in [9.17, 15) is 4.79 Å². The van der Waals surface area contributed by atoms with E-state index in [4.69, 9.17) is 4.74 Å². The standard InChI is InChI=1S/C10H15N3O2/c1-6-11-9(5-10(14)12-6)13-7-3-8(4-7)15-2/h5,7-8H,3-4H2,1-2H3,(H2,11,12,13,14). The molecule has 1 heterocycles. The van der Waals surface area contributed by atoms with Crippen molar-refractivity contribution >= 4 is 5.82 Å². The first-order chi connectivity index (χ1) is 7.17. The van der Waals surface area contributed by atoms with Crippen LogP contribution in [0, 0.1) is 6.92 Å². The largest absolute Gasteiger partial charge is 0.381 e. The van der Waals surface area contributed by atoms with Crippen molar-refractivity contribution in [2.45, 2.75) is 31.9 Å². The van der Waals surface area contributed by atoms with E-state index >= 15 is 0 Å². The van der Waals surface area contributed by atoms with Gasteiger partial charge in [-0.1, -0.05) is 0 Å². The number of aryl methyl sites for hydroxylation is 1. The van der Waals surface area contributed by atoms with Crippen LogP contribution in [-0.4, -0.2) is 29.2 Å². The lowest BCUT2D eigenvalue weighted by atomic mass is 9.89. The molecule has 0 bridgehead atoms. The number of hydrogen-bond acceptors (Lipinski definition) is 4. The number of nitrogens with zero attached hydrogens (tertiary/aromatic N) is 1. The zero-order chi connectivity index (χ0) is 10.8. The summed E-state index contributed by atoms with van der Waals surface area (Å²) in [6.45, 7) is 1.77. The number of ether oxygens (including phenoxy) is 1. The quantitative estimate of drug-likeness (QED) is 0.767. The summed E-state index contributed by atoms with van der Waals surface area (Å²) in [5.41, 5.74) is -0.118. The molecule has 5 heteroatoms. The molecule has 0 aromatic carbocycles. The van der Waals surface area contributed by atoms with Gasteiger partial charge in [-0.05, 0) is 19.8 Å². The van der Waals surface area contributed by atoms with Gasteiger partial charge in [0.2, 0.25) is 0 Å². The molecule has 1 aromatic heterocycles. The minimum absolute atomic E-state index is 0.118. The number of aromatic nitrogens is 2. The van der Waals surface area contributed by atoms with Gasteiger partial charge in [0.05, 0.1) is 6.10 Å². The number of hydrogen-bond donors (Lipinski definition) is 2. The molecule has 0 unspecified atom stereocenters. The van der Waals surface area contributed by atoms with E-state index in [0.29, 0.717) is 23.8 Å². The fourth-order valence-corrected chi connectivity index (χ4v) is 1.74. The molecule has 1 aliphatic carbocycles. The van der Waals surface area contributed by atoms with Crippen molar-refractivity contribution in [2.24, 2.45) is 0 Å². The third-order valence-corrected chi connectivity index (χ3v) is 2.64. The number of nitrogens with one attached hydrogen (secondary N) is 2. The maximum Gasteiger partial charge on any atom is 0.252 e. The zero-order valence-corrected chi connectivity index (χ0v) is 8.91. The molecule has 2 N–H and O–H groups in total. The molecule has 0 atom stereocenters. The van der Waals surface area contributed by atoms with Crippen molar-refractivity contribution in [3.05, 3.63) is 22.2 Å². The van der Waals surface area contributed by atoms with E-state index in [1.807, 2.05) is 0 Å². The third kappa shape index (κ3) is 2.36. The molecule has 1 aromatic rings. The second-order valence-electron chi connectivity index (χ2n) is 3.89. The SMILES string of the molecule is COC1CC(Nc2cc(=O)[nH]c(C)n2)C1. The molecule has 0 amide bonds. The first kappa shape index (κ1) is 10.2. The molecule has 1 saturated carbocycles. The molecular formula is C10H15N3O2. The van der Waals surface area contributed by atoms with Gasteiger partial charge >= 0.3 is 0 Å². The Morgan fingerprint density at radius 3 is 2.93 bits per heavy atom. The van der Waals surface area contributed by atoms with Crippen molar-refractivity contribution < 1.29 is 4.74 Å². The Morgan fingerprint density at radius 2 is 2.33 bits per heavy atom. The van der Waals surface area contributed by atoms with Gasteiger partial charge in [0.15, 0.2) is 0 Å². The van der Waals surface area contributed by atoms with Gasteiger partial charge in [-0.2, -0.15) is 0 Å². The van der Waals surface area contributed by atoms with Gasteiger partial charge < -0.3 is 15.0 Å². The van der Waals surface area contributed by atoms with Crippen LogP contribution >= 0.6 is 0 Å². The molecule has 2 rings (SSSR count). The average molecular weight is 209 g/mol. The van der Waals surface area contributed by atoms with E-state index in [0.717, 1.165) is 12.8 Å². The fourth-order valence-electron chi connectivity index (χ4n) is 1.74. The number of anilines is 1. The Morgan fingerprint density at radius 1 is 1.60 bits per heavy atom. The summed E-state index contributed by atoms with van der Waals surface area (Å²) in [7, 11) is 1.72. The van der Waals surface area contributed by atoms with Crippen LogP contribution in [0.5, 0.6) is 0 Å². The number of aromatic amines is 1. The highest BCUT2D eigenvalue weighted by molar-refractivity contribution is 5.35. The van der Waals surface area contributed by atoms with Gasteiger partial charge in [-0.25, -0.2) is 4.98 Å². The van der Waals surface area contributed by atoms with Crippen molar-refractivity contribution in [2.75, 3.05) is 12.4 Å². The van der Waals surface area contributed by atoms with Crippen molar-refractivity contribution in [1.29, 1.82) is 0 Å². The lowest BCUT2D eigenvalue weighted by Crippen LogP contribution is -2.40. The Kier molecular flexibility index (Phi) is 2.73. The maximum atomic E-state index is 11.2. The lowest BCUT2D eigenvalue weighted by molar-refractivity contribution is 0.0328. The van der Waals surface area contributed by atoms with Gasteiger partial charge in [-0.3, -0.25) is 4.79 Å². The van der Waals surface area contributed by atoms with E-state index in [2.05, 4.69) is 15.3 Å². The number of methoxy groups -OCH3 is 1. The van der Waals surface area contributed by atoms with E-state index in [-0.39, 0.29) is 5.56 Å². The van der Waals surface area contributed by atoms with Crippen molar-refractivity contribution in [3.8, 4) is 0 Å². The molecular weight excluding hydrogens is 194 g/mol. The van der Waals surface area contributed by atoms with E-state index in [1.165, 1.54) is 6.07 Å². The zero-order valence-electron chi connectivity index (χ0n) is 8.91. The molecule has 1 aliphatic rings. The molecule has 15 heavy (non-hydrogen) atoms. The normalized spacial score (nSPS) is 24.7.